The minimum Gasteiger partial charge on any atom is -0.497 e. The number of hydrogen-bond acceptors (Lipinski definition) is 5. The lowest BCUT2D eigenvalue weighted by atomic mass is 9.64. The highest BCUT2D eigenvalue weighted by molar-refractivity contribution is 6.18. The van der Waals surface area contributed by atoms with Crippen LogP contribution in [-0.4, -0.2) is 36.7 Å². The number of fused-ring (bicyclic) bond motifs is 6. The van der Waals surface area contributed by atoms with Crippen molar-refractivity contribution in [1.82, 2.24) is 0 Å². The van der Waals surface area contributed by atoms with Crippen LogP contribution in [-0.2, 0) is 10.2 Å². The van der Waals surface area contributed by atoms with Crippen molar-refractivity contribution in [3.63, 3.8) is 0 Å². The van der Waals surface area contributed by atoms with E-state index in [1.54, 1.807) is 55.6 Å². The number of rotatable bonds is 5. The van der Waals surface area contributed by atoms with Gasteiger partial charge in [-0.15, -0.1) is 0 Å². The number of nitrogens with zero attached hydrogens (tertiary/aromatic N) is 1. The topological polar surface area (TPSA) is 75.7 Å². The maximum Gasteiger partial charge on any atom is 0.238 e. The zero-order valence-corrected chi connectivity index (χ0v) is 21.8. The Bertz CT molecular complexity index is 1690. The Labute approximate surface area is 231 Å². The summed E-state index contributed by atoms with van der Waals surface area (Å²) in [6, 6.07) is 29.7. The molecule has 3 heterocycles. The minimum atomic E-state index is -1.32. The van der Waals surface area contributed by atoms with E-state index in [4.69, 9.17) is 4.74 Å². The summed E-state index contributed by atoms with van der Waals surface area (Å²) in [5.41, 5.74) is 2.75. The lowest BCUT2D eigenvalue weighted by molar-refractivity contribution is -0.121. The Morgan fingerprint density at radius 1 is 0.800 bits per heavy atom. The number of amides is 1. The maximum atomic E-state index is 14.7. The lowest BCUT2D eigenvalue weighted by Gasteiger charge is -2.37. The van der Waals surface area contributed by atoms with Crippen molar-refractivity contribution < 1.29 is 19.1 Å². The first-order chi connectivity index (χ1) is 19.6. The molecule has 40 heavy (non-hydrogen) atoms. The molecule has 7 rings (SSSR count). The fraction of sp³-hybridized carbons (Fsp3) is 0.147. The standard InChI is InChI=1S/C34H26N2O4/c1-40-24-18-15-23(16-19-24)32(38)30-29(31(37)22-10-3-2-4-11-22)34(25-12-6-7-13-26(25)35-33(34)39)28-20-17-21-9-5-8-14-27(21)36(28)30/h2-20,28-30H,1H3,(H,35,39)/t28?,29-,30+,34+/m0/s1. The summed E-state index contributed by atoms with van der Waals surface area (Å²) in [5, 5.41) is 3.06. The Morgan fingerprint density at radius 2 is 1.48 bits per heavy atom. The Hall–Kier alpha value is -4.97. The number of nitrogens with one attached hydrogen (secondary N) is 1. The molecular weight excluding hydrogens is 500 g/mol. The highest BCUT2D eigenvalue weighted by Gasteiger charge is 2.70. The van der Waals surface area contributed by atoms with Gasteiger partial charge in [0.2, 0.25) is 5.91 Å². The highest BCUT2D eigenvalue weighted by Crippen LogP contribution is 2.58. The van der Waals surface area contributed by atoms with Gasteiger partial charge in [-0.1, -0.05) is 78.9 Å². The number of hydrogen-bond donors (Lipinski definition) is 1. The van der Waals surface area contributed by atoms with Gasteiger partial charge in [0.1, 0.15) is 17.2 Å². The number of anilines is 2. The van der Waals surface area contributed by atoms with Gasteiger partial charge in [-0.2, -0.15) is 0 Å². The molecule has 3 aliphatic rings. The predicted molar refractivity (Wildman–Crippen MR) is 154 cm³/mol. The van der Waals surface area contributed by atoms with Crippen LogP contribution < -0.4 is 15.0 Å². The predicted octanol–water partition coefficient (Wildman–Crippen LogP) is 5.55. The molecule has 1 N–H and O–H groups in total. The number of Topliss-reactive ketones (excluding diaryl/α,β-unsaturated/α-hetero) is 2. The molecule has 0 aromatic heterocycles. The van der Waals surface area contributed by atoms with Crippen molar-refractivity contribution in [2.75, 3.05) is 17.3 Å². The van der Waals surface area contributed by atoms with Gasteiger partial charge >= 0.3 is 0 Å². The van der Waals surface area contributed by atoms with Gasteiger partial charge in [0.15, 0.2) is 11.6 Å². The van der Waals surface area contributed by atoms with Crippen molar-refractivity contribution >= 4 is 34.9 Å². The number of para-hydroxylation sites is 2. The van der Waals surface area contributed by atoms with Crippen LogP contribution in [0, 0.1) is 5.92 Å². The van der Waals surface area contributed by atoms with E-state index < -0.39 is 23.4 Å². The quantitative estimate of drug-likeness (QED) is 0.345. The molecule has 4 aromatic rings. The van der Waals surface area contributed by atoms with Gasteiger partial charge in [-0.3, -0.25) is 14.4 Å². The molecule has 1 fully saturated rings. The maximum absolute atomic E-state index is 14.7. The number of methoxy groups -OCH3 is 1. The number of carbonyl (C=O) groups excluding carboxylic acids is 3. The summed E-state index contributed by atoms with van der Waals surface area (Å²) in [5.74, 6) is -1.09. The monoisotopic (exact) mass is 526 g/mol. The van der Waals surface area contributed by atoms with E-state index in [-0.39, 0.29) is 17.5 Å². The molecular formula is C34H26N2O4. The van der Waals surface area contributed by atoms with Gasteiger partial charge in [-0.25, -0.2) is 0 Å². The fourth-order valence-corrected chi connectivity index (χ4v) is 6.83. The van der Waals surface area contributed by atoms with Gasteiger partial charge in [0, 0.05) is 22.5 Å². The molecule has 4 aromatic carbocycles. The molecule has 6 nitrogen and oxygen atoms in total. The van der Waals surface area contributed by atoms with Crippen LogP contribution in [0.2, 0.25) is 0 Å². The summed E-state index contributed by atoms with van der Waals surface area (Å²) >= 11 is 0. The number of benzene rings is 4. The summed E-state index contributed by atoms with van der Waals surface area (Å²) in [4.78, 5) is 45.6. The third-order valence-electron chi connectivity index (χ3n) is 8.53. The van der Waals surface area contributed by atoms with E-state index in [1.807, 2.05) is 71.6 Å². The highest BCUT2D eigenvalue weighted by atomic mass is 16.5. The SMILES string of the molecule is COc1ccc(C(=O)[C@H]2[C@@H](C(=O)c3ccccc3)[C@]3(C(=O)Nc4ccccc43)C3C=Cc4ccccc4N32)cc1. The van der Waals surface area contributed by atoms with E-state index in [1.165, 1.54) is 0 Å². The van der Waals surface area contributed by atoms with Crippen LogP contribution in [0.1, 0.15) is 31.8 Å². The minimum absolute atomic E-state index is 0.221. The van der Waals surface area contributed by atoms with Crippen LogP contribution in [0.5, 0.6) is 5.75 Å². The summed E-state index contributed by atoms with van der Waals surface area (Å²) in [7, 11) is 1.57. The van der Waals surface area contributed by atoms with Crippen LogP contribution >= 0.6 is 0 Å². The molecule has 3 aliphatic heterocycles. The van der Waals surface area contributed by atoms with Gasteiger partial charge in [0.25, 0.3) is 0 Å². The molecule has 1 unspecified atom stereocenters. The molecule has 196 valence electrons. The van der Waals surface area contributed by atoms with E-state index in [0.717, 1.165) is 16.8 Å². The van der Waals surface area contributed by atoms with Crippen LogP contribution in [0.15, 0.2) is 109 Å². The number of ether oxygens (including phenoxy) is 1. The average Bonchev–Trinajstić information content (AvgIpc) is 3.49. The first-order valence-corrected chi connectivity index (χ1v) is 13.3. The molecule has 0 radical (unpaired) electrons. The second-order valence-corrected chi connectivity index (χ2v) is 10.4. The van der Waals surface area contributed by atoms with E-state index >= 15 is 0 Å². The van der Waals surface area contributed by atoms with Gasteiger partial charge < -0.3 is 15.0 Å². The van der Waals surface area contributed by atoms with Gasteiger partial charge in [0.05, 0.1) is 19.1 Å². The molecule has 4 atom stereocenters. The summed E-state index contributed by atoms with van der Waals surface area (Å²) in [6.45, 7) is 0. The molecule has 0 saturated carbocycles. The van der Waals surface area contributed by atoms with Crippen molar-refractivity contribution in [3.8, 4) is 5.75 Å². The molecule has 1 saturated heterocycles. The molecule has 6 heteroatoms. The first kappa shape index (κ1) is 24.1. The second-order valence-electron chi connectivity index (χ2n) is 10.4. The third kappa shape index (κ3) is 3.26. The van der Waals surface area contributed by atoms with Crippen LogP contribution in [0.4, 0.5) is 11.4 Å². The number of carbonyl (C=O) groups is 3. The van der Waals surface area contributed by atoms with Crippen molar-refractivity contribution in [2.45, 2.75) is 17.5 Å². The Balaban J connectivity index is 1.52. The normalized spacial score (nSPS) is 23.8. The first-order valence-electron chi connectivity index (χ1n) is 13.3. The fourth-order valence-electron chi connectivity index (χ4n) is 6.83. The Kier molecular flexibility index (Phi) is 5.46. The second kappa shape index (κ2) is 9.06. The molecule has 1 spiro atoms. The van der Waals surface area contributed by atoms with Gasteiger partial charge in [-0.05, 0) is 47.5 Å². The van der Waals surface area contributed by atoms with Crippen molar-refractivity contribution in [2.24, 2.45) is 5.92 Å². The average molecular weight is 527 g/mol. The molecule has 0 aliphatic carbocycles. The van der Waals surface area contributed by atoms with Crippen molar-refractivity contribution in [1.29, 1.82) is 0 Å². The third-order valence-corrected chi connectivity index (χ3v) is 8.53. The van der Waals surface area contributed by atoms with Crippen molar-refractivity contribution in [3.05, 3.63) is 131 Å². The smallest absolute Gasteiger partial charge is 0.238 e. The summed E-state index contributed by atoms with van der Waals surface area (Å²) < 4.78 is 5.32. The lowest BCUT2D eigenvalue weighted by Crippen LogP contribution is -2.51. The Morgan fingerprint density at radius 3 is 2.25 bits per heavy atom. The van der Waals surface area contributed by atoms with E-state index in [0.29, 0.717) is 22.6 Å². The van der Waals surface area contributed by atoms with Crippen LogP contribution in [0.25, 0.3) is 6.08 Å². The summed E-state index contributed by atoms with van der Waals surface area (Å²) in [6.07, 6.45) is 3.98. The van der Waals surface area contributed by atoms with E-state index in [9.17, 15) is 14.4 Å². The largest absolute Gasteiger partial charge is 0.497 e. The zero-order chi connectivity index (χ0) is 27.4. The molecule has 1 amide bonds. The zero-order valence-electron chi connectivity index (χ0n) is 21.8. The number of ketones is 2. The molecule has 0 bridgehead atoms. The van der Waals surface area contributed by atoms with E-state index in [2.05, 4.69) is 5.32 Å². The van der Waals surface area contributed by atoms with Crippen LogP contribution in [0.3, 0.4) is 0 Å².